The van der Waals surface area contributed by atoms with Gasteiger partial charge < -0.3 is 14.7 Å². The van der Waals surface area contributed by atoms with Crippen LogP contribution in [0.15, 0.2) is 41.5 Å². The second-order valence-corrected chi connectivity index (χ2v) is 6.71. The number of H-pyrrole nitrogens is 2. The number of fused-ring (bicyclic) bond motifs is 1. The first-order valence-electron chi connectivity index (χ1n) is 7.94. The third kappa shape index (κ3) is 4.30. The van der Waals surface area contributed by atoms with Crippen LogP contribution in [-0.2, 0) is 0 Å². The zero-order valence-electron chi connectivity index (χ0n) is 14.2. The van der Waals surface area contributed by atoms with Crippen LogP contribution in [0.3, 0.4) is 0 Å². The molecule has 1 aromatic heterocycles. The molecule has 6 nitrogen and oxygen atoms in total. The van der Waals surface area contributed by atoms with Crippen molar-refractivity contribution in [2.24, 2.45) is 5.10 Å². The summed E-state index contributed by atoms with van der Waals surface area (Å²) < 4.78 is 6.09. The Kier molecular flexibility index (Phi) is 5.39. The lowest BCUT2D eigenvalue weighted by Crippen LogP contribution is -2.17. The van der Waals surface area contributed by atoms with E-state index in [1.54, 1.807) is 30.3 Å². The molecule has 0 aliphatic rings. The Hall–Kier alpha value is -2.64. The first-order chi connectivity index (χ1) is 12.4. The highest BCUT2D eigenvalue weighted by molar-refractivity contribution is 7.71. The van der Waals surface area contributed by atoms with Gasteiger partial charge in [0.2, 0.25) is 0 Å². The molecule has 0 saturated carbocycles. The Balaban J connectivity index is 1.68. The van der Waals surface area contributed by atoms with E-state index in [1.165, 1.54) is 6.21 Å². The van der Waals surface area contributed by atoms with Gasteiger partial charge in [0.1, 0.15) is 5.75 Å². The smallest absolute Gasteiger partial charge is 0.271 e. The molecule has 0 aliphatic carbocycles. The standard InChI is InChI=1S/C18H17ClN4O2S/c1-10(2)25-16-6-3-11(7-13(16)19)9-20-23-17(24)12-4-5-14-15(8-12)22-18(26)21-14/h3-10H,1-2H3,(H,23,24)(H2,21,22,26)/b20-9-. The quantitative estimate of drug-likeness (QED) is 0.343. The average molecular weight is 389 g/mol. The minimum absolute atomic E-state index is 0.0395. The molecule has 0 bridgehead atoms. The number of hydrazone groups is 1. The molecule has 0 saturated heterocycles. The number of benzene rings is 2. The monoisotopic (exact) mass is 388 g/mol. The van der Waals surface area contributed by atoms with E-state index in [-0.39, 0.29) is 12.0 Å². The zero-order chi connectivity index (χ0) is 18.7. The summed E-state index contributed by atoms with van der Waals surface area (Å²) in [7, 11) is 0. The van der Waals surface area contributed by atoms with E-state index in [0.717, 1.165) is 16.6 Å². The van der Waals surface area contributed by atoms with E-state index in [2.05, 4.69) is 20.5 Å². The molecule has 134 valence electrons. The number of imidazole rings is 1. The predicted octanol–water partition coefficient (Wildman–Crippen LogP) is 4.43. The summed E-state index contributed by atoms with van der Waals surface area (Å²) in [6.45, 7) is 3.86. The van der Waals surface area contributed by atoms with Crippen molar-refractivity contribution in [2.75, 3.05) is 0 Å². The maximum absolute atomic E-state index is 12.2. The Morgan fingerprint density at radius 3 is 2.73 bits per heavy atom. The van der Waals surface area contributed by atoms with E-state index in [0.29, 0.717) is 21.1 Å². The fourth-order valence-electron chi connectivity index (χ4n) is 2.35. The van der Waals surface area contributed by atoms with Crippen LogP contribution >= 0.6 is 23.8 Å². The van der Waals surface area contributed by atoms with Crippen LogP contribution in [0.1, 0.15) is 29.8 Å². The van der Waals surface area contributed by atoms with Gasteiger partial charge in [-0.1, -0.05) is 11.6 Å². The minimum Gasteiger partial charge on any atom is -0.489 e. The fraction of sp³-hybridized carbons (Fsp3) is 0.167. The van der Waals surface area contributed by atoms with Crippen molar-refractivity contribution in [3.8, 4) is 5.75 Å². The lowest BCUT2D eigenvalue weighted by Gasteiger charge is -2.11. The van der Waals surface area contributed by atoms with Gasteiger partial charge in [0.15, 0.2) is 4.77 Å². The van der Waals surface area contributed by atoms with Gasteiger partial charge >= 0.3 is 0 Å². The number of aromatic nitrogens is 2. The van der Waals surface area contributed by atoms with Gasteiger partial charge in [-0.2, -0.15) is 5.10 Å². The number of nitrogens with zero attached hydrogens (tertiary/aromatic N) is 1. The molecule has 0 unspecified atom stereocenters. The molecule has 0 radical (unpaired) electrons. The number of hydrogen-bond acceptors (Lipinski definition) is 4. The first kappa shape index (κ1) is 18.2. The molecule has 0 aliphatic heterocycles. The molecular weight excluding hydrogens is 372 g/mol. The molecule has 1 heterocycles. The number of ether oxygens (including phenoxy) is 1. The summed E-state index contributed by atoms with van der Waals surface area (Å²) in [6, 6.07) is 10.5. The molecule has 3 N–H and O–H groups in total. The summed E-state index contributed by atoms with van der Waals surface area (Å²) in [4.78, 5) is 18.2. The van der Waals surface area contributed by atoms with Gasteiger partial charge in [0.25, 0.3) is 5.91 Å². The maximum Gasteiger partial charge on any atom is 0.271 e. The maximum atomic E-state index is 12.2. The molecule has 0 fully saturated rings. The van der Waals surface area contributed by atoms with Crippen molar-refractivity contribution >= 4 is 47.0 Å². The first-order valence-corrected chi connectivity index (χ1v) is 8.72. The summed E-state index contributed by atoms with van der Waals surface area (Å²) in [5, 5.41) is 4.46. The number of hydrogen-bond donors (Lipinski definition) is 3. The van der Waals surface area contributed by atoms with Gasteiger partial charge in [0.05, 0.1) is 28.4 Å². The van der Waals surface area contributed by atoms with Crippen LogP contribution in [0.4, 0.5) is 0 Å². The van der Waals surface area contributed by atoms with Crippen molar-refractivity contribution in [3.05, 3.63) is 57.3 Å². The highest BCUT2D eigenvalue weighted by atomic mass is 35.5. The summed E-state index contributed by atoms with van der Waals surface area (Å²) >= 11 is 11.2. The Bertz CT molecular complexity index is 1040. The number of carbonyl (C=O) groups excluding carboxylic acids is 1. The van der Waals surface area contributed by atoms with E-state index in [4.69, 9.17) is 28.6 Å². The van der Waals surface area contributed by atoms with Crippen LogP contribution in [0.25, 0.3) is 11.0 Å². The van der Waals surface area contributed by atoms with Gasteiger partial charge in [-0.15, -0.1) is 0 Å². The van der Waals surface area contributed by atoms with Gasteiger partial charge in [-0.3, -0.25) is 4.79 Å². The summed E-state index contributed by atoms with van der Waals surface area (Å²) in [6.07, 6.45) is 1.56. The van der Waals surface area contributed by atoms with Crippen molar-refractivity contribution < 1.29 is 9.53 Å². The lowest BCUT2D eigenvalue weighted by molar-refractivity contribution is 0.0955. The molecule has 8 heteroatoms. The highest BCUT2D eigenvalue weighted by Crippen LogP contribution is 2.25. The zero-order valence-corrected chi connectivity index (χ0v) is 15.7. The number of rotatable bonds is 5. The number of nitrogens with one attached hydrogen (secondary N) is 3. The molecular formula is C18H17ClN4O2S. The number of halogens is 1. The van der Waals surface area contributed by atoms with Crippen LogP contribution in [0.5, 0.6) is 5.75 Å². The van der Waals surface area contributed by atoms with Crippen LogP contribution in [0, 0.1) is 4.77 Å². The van der Waals surface area contributed by atoms with E-state index in [1.807, 2.05) is 19.9 Å². The molecule has 26 heavy (non-hydrogen) atoms. The van der Waals surface area contributed by atoms with Gasteiger partial charge in [-0.25, -0.2) is 5.43 Å². The van der Waals surface area contributed by atoms with Crippen molar-refractivity contribution in [3.63, 3.8) is 0 Å². The Labute approximate surface area is 160 Å². The van der Waals surface area contributed by atoms with Crippen LogP contribution in [0.2, 0.25) is 5.02 Å². The number of amides is 1. The molecule has 3 aromatic rings. The summed E-state index contributed by atoms with van der Waals surface area (Å²) in [5.41, 5.74) is 5.31. The fourth-order valence-corrected chi connectivity index (χ4v) is 2.80. The molecule has 2 aromatic carbocycles. The van der Waals surface area contributed by atoms with E-state index in [9.17, 15) is 4.79 Å². The van der Waals surface area contributed by atoms with Crippen molar-refractivity contribution in [2.45, 2.75) is 20.0 Å². The van der Waals surface area contributed by atoms with Gasteiger partial charge in [-0.05, 0) is 68.0 Å². The number of carbonyl (C=O) groups is 1. The van der Waals surface area contributed by atoms with Gasteiger partial charge in [0, 0.05) is 5.56 Å². The largest absolute Gasteiger partial charge is 0.489 e. The second kappa shape index (κ2) is 7.72. The van der Waals surface area contributed by atoms with E-state index < -0.39 is 0 Å². The minimum atomic E-state index is -0.325. The van der Waals surface area contributed by atoms with Crippen LogP contribution < -0.4 is 10.2 Å². The highest BCUT2D eigenvalue weighted by Gasteiger charge is 2.07. The van der Waals surface area contributed by atoms with Crippen molar-refractivity contribution in [1.82, 2.24) is 15.4 Å². The van der Waals surface area contributed by atoms with Crippen LogP contribution in [-0.4, -0.2) is 28.2 Å². The average Bonchev–Trinajstić information content (AvgIpc) is 2.96. The normalized spacial score (nSPS) is 11.4. The predicted molar refractivity (Wildman–Crippen MR) is 106 cm³/mol. The topological polar surface area (TPSA) is 82.3 Å². The lowest BCUT2D eigenvalue weighted by atomic mass is 10.2. The third-order valence-electron chi connectivity index (χ3n) is 3.48. The molecule has 0 spiro atoms. The van der Waals surface area contributed by atoms with Crippen molar-refractivity contribution in [1.29, 1.82) is 0 Å². The Morgan fingerprint density at radius 1 is 1.23 bits per heavy atom. The summed E-state index contributed by atoms with van der Waals surface area (Å²) in [5.74, 6) is 0.287. The number of aromatic amines is 2. The Morgan fingerprint density at radius 2 is 2.00 bits per heavy atom. The van der Waals surface area contributed by atoms with E-state index >= 15 is 0 Å². The molecule has 3 rings (SSSR count). The molecule has 0 atom stereocenters. The SMILES string of the molecule is CC(C)Oc1ccc(/C=N\NC(=O)c2ccc3[nH]c(=S)[nH]c3c2)cc1Cl. The third-order valence-corrected chi connectivity index (χ3v) is 3.98. The molecule has 1 amide bonds. The second-order valence-electron chi connectivity index (χ2n) is 5.90.